The molecule has 1 heterocycles. The van der Waals surface area contributed by atoms with Gasteiger partial charge in [-0.25, -0.2) is 4.79 Å². The molecule has 3 rings (SSSR count). The second-order valence-electron chi connectivity index (χ2n) is 6.30. The maximum Gasteiger partial charge on any atom is 0.410 e. The second kappa shape index (κ2) is 8.35. The number of carbonyl (C=O) groups is 3. The lowest BCUT2D eigenvalue weighted by Gasteiger charge is -2.23. The molecule has 0 aliphatic carbocycles. The number of benzene rings is 2. The third-order valence-corrected chi connectivity index (χ3v) is 4.44. The number of carbonyl (C=O) groups excluding carboxylic acids is 3. The Labute approximate surface area is 157 Å². The molecule has 0 radical (unpaired) electrons. The van der Waals surface area contributed by atoms with Crippen molar-refractivity contribution in [3.05, 3.63) is 65.7 Å². The molecule has 27 heavy (non-hydrogen) atoms. The van der Waals surface area contributed by atoms with E-state index in [1.807, 2.05) is 30.3 Å². The molecule has 2 aromatic rings. The highest BCUT2D eigenvalue weighted by molar-refractivity contribution is 6.09. The molecule has 0 saturated carbocycles. The number of para-hydroxylation sites is 1. The zero-order chi connectivity index (χ0) is 19.2. The Morgan fingerprint density at radius 3 is 2.52 bits per heavy atom. The number of likely N-dealkylation sites (tertiary alicyclic amines) is 1. The SMILES string of the molecule is Nc1ccccc1C(=O)NC(=O)C1CCCN1C(=O)OCc1ccccc1. The molecule has 3 amide bonds. The van der Waals surface area contributed by atoms with Gasteiger partial charge in [-0.05, 0) is 30.5 Å². The summed E-state index contributed by atoms with van der Waals surface area (Å²) < 4.78 is 5.30. The van der Waals surface area contributed by atoms with E-state index in [0.29, 0.717) is 19.4 Å². The average Bonchev–Trinajstić information content (AvgIpc) is 3.17. The van der Waals surface area contributed by atoms with Crippen LogP contribution in [0.2, 0.25) is 0 Å². The first kappa shape index (κ1) is 18.4. The molecule has 140 valence electrons. The van der Waals surface area contributed by atoms with Crippen molar-refractivity contribution in [2.75, 3.05) is 12.3 Å². The lowest BCUT2D eigenvalue weighted by molar-refractivity contribution is -0.124. The zero-order valence-electron chi connectivity index (χ0n) is 14.8. The number of hydrogen-bond donors (Lipinski definition) is 2. The van der Waals surface area contributed by atoms with Crippen LogP contribution in [0.3, 0.4) is 0 Å². The lowest BCUT2D eigenvalue weighted by atomic mass is 10.1. The van der Waals surface area contributed by atoms with Crippen LogP contribution in [0.15, 0.2) is 54.6 Å². The zero-order valence-corrected chi connectivity index (χ0v) is 14.8. The van der Waals surface area contributed by atoms with E-state index in [4.69, 9.17) is 10.5 Å². The smallest absolute Gasteiger partial charge is 0.410 e. The fourth-order valence-electron chi connectivity index (χ4n) is 3.03. The molecule has 1 saturated heterocycles. The van der Waals surface area contributed by atoms with Gasteiger partial charge in [0, 0.05) is 12.2 Å². The van der Waals surface area contributed by atoms with Gasteiger partial charge in [-0.1, -0.05) is 42.5 Å². The number of nitrogen functional groups attached to an aromatic ring is 1. The summed E-state index contributed by atoms with van der Waals surface area (Å²) in [5.74, 6) is -1.11. The van der Waals surface area contributed by atoms with E-state index in [9.17, 15) is 14.4 Å². The van der Waals surface area contributed by atoms with Crippen molar-refractivity contribution >= 4 is 23.6 Å². The van der Waals surface area contributed by atoms with Crippen molar-refractivity contribution in [1.82, 2.24) is 10.2 Å². The standard InChI is InChI=1S/C20H21N3O4/c21-16-10-5-4-9-15(16)18(24)22-19(25)17-11-6-12-23(17)20(26)27-13-14-7-2-1-3-8-14/h1-5,7-10,17H,6,11-13,21H2,(H,22,24,25). The van der Waals surface area contributed by atoms with Crippen LogP contribution in [0, 0.1) is 0 Å². The molecule has 2 aromatic carbocycles. The van der Waals surface area contributed by atoms with Gasteiger partial charge in [-0.3, -0.25) is 19.8 Å². The molecule has 3 N–H and O–H groups in total. The van der Waals surface area contributed by atoms with Gasteiger partial charge >= 0.3 is 6.09 Å². The number of nitrogens with zero attached hydrogens (tertiary/aromatic N) is 1. The molecule has 0 aromatic heterocycles. The van der Waals surface area contributed by atoms with Crippen molar-refractivity contribution in [3.8, 4) is 0 Å². The first-order chi connectivity index (χ1) is 13.1. The highest BCUT2D eigenvalue weighted by Gasteiger charge is 2.36. The summed E-state index contributed by atoms with van der Waals surface area (Å²) in [5, 5.41) is 2.33. The van der Waals surface area contributed by atoms with Gasteiger partial charge in [0.2, 0.25) is 5.91 Å². The summed E-state index contributed by atoms with van der Waals surface area (Å²) in [4.78, 5) is 38.5. The van der Waals surface area contributed by atoms with Crippen LogP contribution < -0.4 is 11.1 Å². The molecule has 1 fully saturated rings. The number of ether oxygens (including phenoxy) is 1. The number of anilines is 1. The number of nitrogens with one attached hydrogen (secondary N) is 1. The van der Waals surface area contributed by atoms with Gasteiger partial charge < -0.3 is 10.5 Å². The molecule has 1 unspecified atom stereocenters. The summed E-state index contributed by atoms with van der Waals surface area (Å²) in [5.41, 5.74) is 7.14. The Balaban J connectivity index is 1.59. The minimum atomic E-state index is -0.734. The molecule has 0 spiro atoms. The highest BCUT2D eigenvalue weighted by Crippen LogP contribution is 2.19. The second-order valence-corrected chi connectivity index (χ2v) is 6.30. The highest BCUT2D eigenvalue weighted by atomic mass is 16.6. The normalized spacial score (nSPS) is 16.0. The van der Waals surface area contributed by atoms with Crippen LogP contribution in [0.4, 0.5) is 10.5 Å². The molecule has 7 nitrogen and oxygen atoms in total. The van der Waals surface area contributed by atoms with Crippen molar-refractivity contribution in [1.29, 1.82) is 0 Å². The van der Waals surface area contributed by atoms with Crippen LogP contribution in [-0.2, 0) is 16.1 Å². The summed E-state index contributed by atoms with van der Waals surface area (Å²) in [6.07, 6.45) is 0.576. The van der Waals surface area contributed by atoms with Crippen LogP contribution in [0.5, 0.6) is 0 Å². The number of nitrogens with two attached hydrogens (primary N) is 1. The van der Waals surface area contributed by atoms with Crippen molar-refractivity contribution < 1.29 is 19.1 Å². The minimum Gasteiger partial charge on any atom is -0.445 e. The fourth-order valence-corrected chi connectivity index (χ4v) is 3.03. The Morgan fingerprint density at radius 1 is 1.07 bits per heavy atom. The predicted molar refractivity (Wildman–Crippen MR) is 99.7 cm³/mol. The molecule has 7 heteroatoms. The molecular formula is C20H21N3O4. The van der Waals surface area contributed by atoms with Crippen LogP contribution in [-0.4, -0.2) is 35.4 Å². The Bertz CT molecular complexity index is 838. The molecule has 1 aliphatic rings. The van der Waals surface area contributed by atoms with E-state index in [2.05, 4.69) is 5.32 Å². The molecule has 1 atom stereocenters. The Hall–Kier alpha value is -3.35. The van der Waals surface area contributed by atoms with Gasteiger partial charge in [-0.15, -0.1) is 0 Å². The van der Waals surface area contributed by atoms with Crippen molar-refractivity contribution in [3.63, 3.8) is 0 Å². The third-order valence-electron chi connectivity index (χ3n) is 4.44. The number of imide groups is 1. The van der Waals surface area contributed by atoms with E-state index in [1.54, 1.807) is 24.3 Å². The monoisotopic (exact) mass is 367 g/mol. The van der Waals surface area contributed by atoms with E-state index in [1.165, 1.54) is 4.90 Å². The van der Waals surface area contributed by atoms with E-state index in [0.717, 1.165) is 5.56 Å². The molecule has 1 aliphatic heterocycles. The molecular weight excluding hydrogens is 346 g/mol. The van der Waals surface area contributed by atoms with Gasteiger partial charge in [-0.2, -0.15) is 0 Å². The van der Waals surface area contributed by atoms with Crippen LogP contribution >= 0.6 is 0 Å². The van der Waals surface area contributed by atoms with Gasteiger partial charge in [0.25, 0.3) is 5.91 Å². The maximum atomic E-state index is 12.5. The van der Waals surface area contributed by atoms with Gasteiger partial charge in [0.1, 0.15) is 12.6 Å². The van der Waals surface area contributed by atoms with Crippen molar-refractivity contribution in [2.24, 2.45) is 0 Å². The number of amides is 3. The summed E-state index contributed by atoms with van der Waals surface area (Å²) in [7, 11) is 0. The topological polar surface area (TPSA) is 102 Å². The Kier molecular flexibility index (Phi) is 5.71. The average molecular weight is 367 g/mol. The van der Waals surface area contributed by atoms with E-state index < -0.39 is 23.9 Å². The minimum absolute atomic E-state index is 0.129. The largest absolute Gasteiger partial charge is 0.445 e. The van der Waals surface area contributed by atoms with E-state index in [-0.39, 0.29) is 17.9 Å². The number of rotatable bonds is 4. The maximum absolute atomic E-state index is 12.5. The first-order valence-corrected chi connectivity index (χ1v) is 8.73. The van der Waals surface area contributed by atoms with Gasteiger partial charge in [0.15, 0.2) is 0 Å². The fraction of sp³-hybridized carbons (Fsp3) is 0.250. The first-order valence-electron chi connectivity index (χ1n) is 8.73. The quantitative estimate of drug-likeness (QED) is 0.638. The third kappa shape index (κ3) is 4.44. The van der Waals surface area contributed by atoms with E-state index >= 15 is 0 Å². The van der Waals surface area contributed by atoms with Crippen molar-refractivity contribution in [2.45, 2.75) is 25.5 Å². The lowest BCUT2D eigenvalue weighted by Crippen LogP contribution is -2.47. The van der Waals surface area contributed by atoms with Gasteiger partial charge in [0.05, 0.1) is 5.56 Å². The van der Waals surface area contributed by atoms with Crippen LogP contribution in [0.1, 0.15) is 28.8 Å². The summed E-state index contributed by atoms with van der Waals surface area (Å²) >= 11 is 0. The number of hydrogen-bond acceptors (Lipinski definition) is 5. The predicted octanol–water partition coefficient (Wildman–Crippen LogP) is 2.33. The van der Waals surface area contributed by atoms with Crippen LogP contribution in [0.25, 0.3) is 0 Å². The molecule has 0 bridgehead atoms. The Morgan fingerprint density at radius 2 is 1.78 bits per heavy atom. The summed E-state index contributed by atoms with van der Waals surface area (Å²) in [6, 6.07) is 15.1. The summed E-state index contributed by atoms with van der Waals surface area (Å²) in [6.45, 7) is 0.539.